The van der Waals surface area contributed by atoms with Gasteiger partial charge in [-0.15, -0.1) is 11.3 Å². The Labute approximate surface area is 144 Å². The summed E-state index contributed by atoms with van der Waals surface area (Å²) in [6.45, 7) is 10.1. The van der Waals surface area contributed by atoms with E-state index in [9.17, 15) is 0 Å². The van der Waals surface area contributed by atoms with Crippen LogP contribution < -0.4 is 5.32 Å². The number of anilines is 2. The molecule has 0 spiro atoms. The lowest BCUT2D eigenvalue weighted by molar-refractivity contribution is 1.36. The molecule has 23 heavy (non-hydrogen) atoms. The summed E-state index contributed by atoms with van der Waals surface area (Å²) in [4.78, 5) is 5.91. The van der Waals surface area contributed by atoms with Crippen LogP contribution in [0, 0.1) is 6.92 Å². The second-order valence-corrected chi connectivity index (χ2v) is 5.48. The predicted molar refractivity (Wildman–Crippen MR) is 105 cm³/mol. The standard InChI is InChI=1S/C16H14N2S.2C2H6/c1-12-15(13-8-4-2-5-9-13)18-16(19-12)17-14-10-6-3-7-11-14;2*1-2/h2-11H,1H3,(H,17,18);2*1-2H3. The molecular weight excluding hydrogens is 300 g/mol. The molecule has 0 saturated carbocycles. The van der Waals surface area contributed by atoms with Crippen LogP contribution in [0.2, 0.25) is 0 Å². The van der Waals surface area contributed by atoms with E-state index in [1.807, 2.05) is 76.2 Å². The number of para-hydroxylation sites is 1. The molecule has 1 N–H and O–H groups in total. The third-order valence-corrected chi connectivity index (χ3v) is 3.76. The SMILES string of the molecule is CC.CC.Cc1sc(Nc2ccccc2)nc1-c1ccccc1. The van der Waals surface area contributed by atoms with Gasteiger partial charge in [-0.05, 0) is 19.1 Å². The molecule has 3 rings (SSSR count). The van der Waals surface area contributed by atoms with Gasteiger partial charge < -0.3 is 5.32 Å². The van der Waals surface area contributed by atoms with Gasteiger partial charge in [0.25, 0.3) is 0 Å². The van der Waals surface area contributed by atoms with Crippen LogP contribution in [-0.2, 0) is 0 Å². The normalized spacial score (nSPS) is 9.09. The highest BCUT2D eigenvalue weighted by Gasteiger charge is 2.09. The van der Waals surface area contributed by atoms with Crippen LogP contribution in [0.15, 0.2) is 60.7 Å². The summed E-state index contributed by atoms with van der Waals surface area (Å²) in [5, 5.41) is 4.28. The number of benzene rings is 2. The van der Waals surface area contributed by atoms with Crippen molar-refractivity contribution < 1.29 is 0 Å². The Hall–Kier alpha value is -2.13. The minimum Gasteiger partial charge on any atom is -0.332 e. The fraction of sp³-hybridized carbons (Fsp3) is 0.250. The monoisotopic (exact) mass is 326 g/mol. The summed E-state index contributed by atoms with van der Waals surface area (Å²) in [5.41, 5.74) is 3.29. The quantitative estimate of drug-likeness (QED) is 0.565. The zero-order valence-electron chi connectivity index (χ0n) is 14.6. The number of aryl methyl sites for hydroxylation is 1. The molecule has 0 bridgehead atoms. The van der Waals surface area contributed by atoms with Gasteiger partial charge in [0, 0.05) is 16.1 Å². The number of nitrogens with zero attached hydrogens (tertiary/aromatic N) is 1. The zero-order valence-corrected chi connectivity index (χ0v) is 15.4. The lowest BCUT2D eigenvalue weighted by Gasteiger charge is -2.00. The van der Waals surface area contributed by atoms with Gasteiger partial charge >= 0.3 is 0 Å². The van der Waals surface area contributed by atoms with E-state index < -0.39 is 0 Å². The van der Waals surface area contributed by atoms with Gasteiger partial charge in [0.1, 0.15) is 0 Å². The summed E-state index contributed by atoms with van der Waals surface area (Å²) in [6, 6.07) is 20.4. The Balaban J connectivity index is 0.000000615. The topological polar surface area (TPSA) is 24.9 Å². The smallest absolute Gasteiger partial charge is 0.187 e. The summed E-state index contributed by atoms with van der Waals surface area (Å²) in [7, 11) is 0. The van der Waals surface area contributed by atoms with E-state index in [4.69, 9.17) is 0 Å². The first-order chi connectivity index (χ1) is 11.3. The van der Waals surface area contributed by atoms with Crippen molar-refractivity contribution in [3.05, 3.63) is 65.5 Å². The Morgan fingerprint density at radius 3 is 1.87 bits per heavy atom. The molecule has 0 amide bonds. The van der Waals surface area contributed by atoms with Gasteiger partial charge in [-0.1, -0.05) is 76.2 Å². The molecule has 0 aliphatic heterocycles. The van der Waals surface area contributed by atoms with E-state index in [-0.39, 0.29) is 0 Å². The molecule has 0 saturated heterocycles. The molecule has 0 atom stereocenters. The first-order valence-corrected chi connectivity index (χ1v) is 8.99. The molecular formula is C20H26N2S. The van der Waals surface area contributed by atoms with Gasteiger partial charge in [-0.25, -0.2) is 4.98 Å². The average Bonchev–Trinajstić information content (AvgIpc) is 3.00. The van der Waals surface area contributed by atoms with E-state index in [0.717, 1.165) is 22.1 Å². The number of hydrogen-bond acceptors (Lipinski definition) is 3. The molecule has 3 aromatic rings. The molecule has 0 radical (unpaired) electrons. The van der Waals surface area contributed by atoms with Crippen LogP contribution in [0.1, 0.15) is 32.6 Å². The fourth-order valence-electron chi connectivity index (χ4n) is 1.96. The van der Waals surface area contributed by atoms with Crippen molar-refractivity contribution in [2.24, 2.45) is 0 Å². The molecule has 2 nitrogen and oxygen atoms in total. The highest BCUT2D eigenvalue weighted by molar-refractivity contribution is 7.16. The Morgan fingerprint density at radius 1 is 0.783 bits per heavy atom. The van der Waals surface area contributed by atoms with Crippen molar-refractivity contribution in [3.63, 3.8) is 0 Å². The molecule has 122 valence electrons. The van der Waals surface area contributed by atoms with Crippen LogP contribution in [0.3, 0.4) is 0 Å². The summed E-state index contributed by atoms with van der Waals surface area (Å²) >= 11 is 1.68. The second kappa shape index (κ2) is 10.6. The number of aromatic nitrogens is 1. The van der Waals surface area contributed by atoms with E-state index in [0.29, 0.717) is 0 Å². The van der Waals surface area contributed by atoms with Gasteiger partial charge in [0.15, 0.2) is 5.13 Å². The molecule has 0 unspecified atom stereocenters. The van der Waals surface area contributed by atoms with Crippen LogP contribution >= 0.6 is 11.3 Å². The number of thiazole rings is 1. The summed E-state index contributed by atoms with van der Waals surface area (Å²) in [6.07, 6.45) is 0. The highest BCUT2D eigenvalue weighted by Crippen LogP contribution is 2.31. The third-order valence-electron chi connectivity index (χ3n) is 2.87. The van der Waals surface area contributed by atoms with Gasteiger partial charge in [0.2, 0.25) is 0 Å². The highest BCUT2D eigenvalue weighted by atomic mass is 32.1. The van der Waals surface area contributed by atoms with E-state index in [2.05, 4.69) is 29.4 Å². The van der Waals surface area contributed by atoms with Crippen LogP contribution in [-0.4, -0.2) is 4.98 Å². The maximum absolute atomic E-state index is 4.68. The van der Waals surface area contributed by atoms with Gasteiger partial charge in [-0.2, -0.15) is 0 Å². The lowest BCUT2D eigenvalue weighted by Crippen LogP contribution is -1.88. The summed E-state index contributed by atoms with van der Waals surface area (Å²) in [5.74, 6) is 0. The first kappa shape index (κ1) is 18.9. The minimum absolute atomic E-state index is 0.933. The van der Waals surface area contributed by atoms with Gasteiger partial charge in [0.05, 0.1) is 5.69 Å². The second-order valence-electron chi connectivity index (χ2n) is 4.28. The van der Waals surface area contributed by atoms with Crippen LogP contribution in [0.4, 0.5) is 10.8 Å². The molecule has 3 heteroatoms. The lowest BCUT2D eigenvalue weighted by atomic mass is 10.1. The average molecular weight is 327 g/mol. The van der Waals surface area contributed by atoms with Crippen molar-refractivity contribution in [3.8, 4) is 11.3 Å². The van der Waals surface area contributed by atoms with Crippen LogP contribution in [0.25, 0.3) is 11.3 Å². The van der Waals surface area contributed by atoms with E-state index in [1.165, 1.54) is 4.88 Å². The molecule has 2 aromatic carbocycles. The van der Waals surface area contributed by atoms with Crippen LogP contribution in [0.5, 0.6) is 0 Å². The molecule has 0 fully saturated rings. The van der Waals surface area contributed by atoms with Crippen molar-refractivity contribution in [1.29, 1.82) is 0 Å². The maximum atomic E-state index is 4.68. The van der Waals surface area contributed by atoms with E-state index >= 15 is 0 Å². The number of nitrogens with one attached hydrogen (secondary N) is 1. The largest absolute Gasteiger partial charge is 0.332 e. The molecule has 1 aromatic heterocycles. The van der Waals surface area contributed by atoms with Crippen molar-refractivity contribution >= 4 is 22.2 Å². The number of hydrogen-bond donors (Lipinski definition) is 1. The molecule has 0 aliphatic carbocycles. The maximum Gasteiger partial charge on any atom is 0.187 e. The molecule has 0 aliphatic rings. The van der Waals surface area contributed by atoms with Crippen molar-refractivity contribution in [1.82, 2.24) is 4.98 Å². The van der Waals surface area contributed by atoms with Crippen molar-refractivity contribution in [2.45, 2.75) is 34.6 Å². The third kappa shape index (κ3) is 5.53. The molecule has 1 heterocycles. The Bertz CT molecular complexity index is 661. The Morgan fingerprint density at radius 2 is 1.30 bits per heavy atom. The Kier molecular flexibility index (Phi) is 8.70. The first-order valence-electron chi connectivity index (χ1n) is 8.18. The van der Waals surface area contributed by atoms with Crippen molar-refractivity contribution in [2.75, 3.05) is 5.32 Å². The predicted octanol–water partition coefficient (Wildman–Crippen LogP) is 6.91. The van der Waals surface area contributed by atoms with E-state index in [1.54, 1.807) is 11.3 Å². The van der Waals surface area contributed by atoms with Gasteiger partial charge in [-0.3, -0.25) is 0 Å². The number of rotatable bonds is 3. The summed E-state index contributed by atoms with van der Waals surface area (Å²) < 4.78 is 0. The minimum atomic E-state index is 0.933. The fourth-order valence-corrected chi connectivity index (χ4v) is 2.81. The zero-order chi connectivity index (χ0) is 17.1.